The second-order valence-corrected chi connectivity index (χ2v) is 7.45. The van der Waals surface area contributed by atoms with Crippen LogP contribution in [-0.2, 0) is 16.7 Å². The Balaban J connectivity index is 0.000000399. The van der Waals surface area contributed by atoms with Crippen molar-refractivity contribution in [3.63, 3.8) is 0 Å². The topological polar surface area (TPSA) is 108 Å². The van der Waals surface area contributed by atoms with Crippen LogP contribution >= 0.6 is 0 Å². The number of imidazole rings is 1. The van der Waals surface area contributed by atoms with E-state index in [-0.39, 0.29) is 5.92 Å². The predicted molar refractivity (Wildman–Crippen MR) is 95.4 cm³/mol. The minimum absolute atomic E-state index is 0.0101. The first-order valence-corrected chi connectivity index (χ1v) is 9.69. The molecule has 1 aromatic heterocycles. The standard InChI is InChI=1S/C15H18N4O.CH4O3S/c1-11(9-16)10-18-6-3-7-19-14-5-4-12(20-2)8-13(14)17-15(18)19;1-5(2,3)4/h4-5,8,11H,3,6-7,10H2,1-2H3;1H3,(H,2,3,4). The number of fused-ring (bicyclic) bond motifs is 3. The van der Waals surface area contributed by atoms with Gasteiger partial charge in [0.15, 0.2) is 0 Å². The zero-order valence-electron chi connectivity index (χ0n) is 14.5. The van der Waals surface area contributed by atoms with E-state index in [4.69, 9.17) is 19.5 Å². The minimum atomic E-state index is -3.67. The fraction of sp³-hybridized carbons (Fsp3) is 0.500. The Morgan fingerprint density at radius 2 is 2.12 bits per heavy atom. The van der Waals surface area contributed by atoms with Gasteiger partial charge in [0, 0.05) is 25.7 Å². The van der Waals surface area contributed by atoms with Crippen molar-refractivity contribution in [3.05, 3.63) is 18.2 Å². The number of methoxy groups -OCH3 is 1. The largest absolute Gasteiger partial charge is 0.497 e. The van der Waals surface area contributed by atoms with Gasteiger partial charge in [-0.3, -0.25) is 4.55 Å². The summed E-state index contributed by atoms with van der Waals surface area (Å²) in [5, 5.41) is 9.00. The van der Waals surface area contributed by atoms with Gasteiger partial charge in [-0.1, -0.05) is 0 Å². The molecule has 0 saturated carbocycles. The van der Waals surface area contributed by atoms with Crippen molar-refractivity contribution in [2.24, 2.45) is 5.92 Å². The molecule has 0 amide bonds. The van der Waals surface area contributed by atoms with Gasteiger partial charge >= 0.3 is 0 Å². The number of benzene rings is 1. The van der Waals surface area contributed by atoms with Gasteiger partial charge in [0.2, 0.25) is 5.95 Å². The first-order valence-electron chi connectivity index (χ1n) is 7.84. The quantitative estimate of drug-likeness (QED) is 0.827. The average molecular weight is 366 g/mol. The zero-order chi connectivity index (χ0) is 18.6. The number of hydrogen-bond donors (Lipinski definition) is 1. The molecule has 0 saturated heterocycles. The molecule has 1 aromatic carbocycles. The van der Waals surface area contributed by atoms with E-state index < -0.39 is 10.1 Å². The summed E-state index contributed by atoms with van der Waals surface area (Å²) >= 11 is 0. The van der Waals surface area contributed by atoms with Gasteiger partial charge in [-0.25, -0.2) is 4.98 Å². The van der Waals surface area contributed by atoms with E-state index in [0.717, 1.165) is 48.8 Å². The van der Waals surface area contributed by atoms with Crippen molar-refractivity contribution in [3.8, 4) is 11.8 Å². The summed E-state index contributed by atoms with van der Waals surface area (Å²) in [7, 11) is -2.00. The van der Waals surface area contributed by atoms with Crippen LogP contribution in [0.3, 0.4) is 0 Å². The number of aromatic nitrogens is 2. The van der Waals surface area contributed by atoms with Gasteiger partial charge in [0.25, 0.3) is 10.1 Å². The van der Waals surface area contributed by atoms with Crippen LogP contribution in [0.4, 0.5) is 5.95 Å². The molecule has 136 valence electrons. The van der Waals surface area contributed by atoms with Gasteiger partial charge in [0.1, 0.15) is 5.75 Å². The van der Waals surface area contributed by atoms with E-state index in [0.29, 0.717) is 6.26 Å². The molecule has 0 spiro atoms. The highest BCUT2D eigenvalue weighted by atomic mass is 32.2. The molecule has 0 aliphatic carbocycles. The van der Waals surface area contributed by atoms with Crippen molar-refractivity contribution in [1.82, 2.24) is 9.55 Å². The number of rotatable bonds is 3. The molecule has 8 nitrogen and oxygen atoms in total. The summed E-state index contributed by atoms with van der Waals surface area (Å²) in [5.74, 6) is 1.81. The number of hydrogen-bond acceptors (Lipinski definition) is 6. The molecule has 0 bridgehead atoms. The number of nitriles is 1. The highest BCUT2D eigenvalue weighted by Gasteiger charge is 2.22. The van der Waals surface area contributed by atoms with Gasteiger partial charge < -0.3 is 14.2 Å². The van der Waals surface area contributed by atoms with Gasteiger partial charge in [-0.05, 0) is 25.5 Å². The summed E-state index contributed by atoms with van der Waals surface area (Å²) in [4.78, 5) is 6.94. The normalized spacial score (nSPS) is 14.9. The molecule has 1 atom stereocenters. The van der Waals surface area contributed by atoms with Crippen LogP contribution < -0.4 is 9.64 Å². The second-order valence-electron chi connectivity index (χ2n) is 5.98. The Labute approximate surface area is 147 Å². The molecule has 0 radical (unpaired) electrons. The van der Waals surface area contributed by atoms with E-state index >= 15 is 0 Å². The van der Waals surface area contributed by atoms with Gasteiger partial charge in [-0.15, -0.1) is 0 Å². The average Bonchev–Trinajstić information content (AvgIpc) is 2.92. The molecule has 2 heterocycles. The van der Waals surface area contributed by atoms with E-state index in [1.165, 1.54) is 0 Å². The lowest BCUT2D eigenvalue weighted by Gasteiger charge is -2.29. The van der Waals surface area contributed by atoms with Crippen LogP contribution in [-0.4, -0.2) is 49.0 Å². The SMILES string of the molecule is COc1ccc2c(c1)nc1n2CCCN1CC(C)C#N.CS(=O)(=O)O. The van der Waals surface area contributed by atoms with Gasteiger partial charge in [-0.2, -0.15) is 13.7 Å². The van der Waals surface area contributed by atoms with Crippen LogP contribution in [0.5, 0.6) is 5.75 Å². The van der Waals surface area contributed by atoms with Crippen LogP contribution in [0, 0.1) is 17.2 Å². The van der Waals surface area contributed by atoms with Crippen molar-refractivity contribution in [2.45, 2.75) is 19.9 Å². The van der Waals surface area contributed by atoms with E-state index in [9.17, 15) is 8.42 Å². The third-order valence-electron chi connectivity index (χ3n) is 3.74. The highest BCUT2D eigenvalue weighted by molar-refractivity contribution is 7.85. The molecular formula is C16H22N4O4S. The molecule has 9 heteroatoms. The Hall–Kier alpha value is -2.31. The summed E-state index contributed by atoms with van der Waals surface area (Å²) in [6.07, 6.45) is 1.80. The Kier molecular flexibility index (Phi) is 5.87. The fourth-order valence-electron chi connectivity index (χ4n) is 2.75. The maximum absolute atomic E-state index is 9.19. The summed E-state index contributed by atoms with van der Waals surface area (Å²) < 4.78 is 33.4. The smallest absolute Gasteiger partial charge is 0.261 e. The lowest BCUT2D eigenvalue weighted by atomic mass is 10.2. The molecule has 3 rings (SSSR count). The lowest BCUT2D eigenvalue weighted by molar-refractivity contribution is 0.415. The Morgan fingerprint density at radius 3 is 2.72 bits per heavy atom. The van der Waals surface area contributed by atoms with E-state index in [2.05, 4.69) is 21.6 Å². The molecule has 0 fully saturated rings. The number of nitrogens with zero attached hydrogens (tertiary/aromatic N) is 4. The number of anilines is 1. The molecule has 1 aliphatic heterocycles. The monoisotopic (exact) mass is 366 g/mol. The van der Waals surface area contributed by atoms with E-state index in [1.807, 2.05) is 19.1 Å². The van der Waals surface area contributed by atoms with Crippen molar-refractivity contribution < 1.29 is 17.7 Å². The first-order chi connectivity index (χ1) is 11.7. The molecule has 1 unspecified atom stereocenters. The first kappa shape index (κ1) is 19.0. The highest BCUT2D eigenvalue weighted by Crippen LogP contribution is 2.29. The van der Waals surface area contributed by atoms with Crippen molar-refractivity contribution in [1.29, 1.82) is 5.26 Å². The van der Waals surface area contributed by atoms with Crippen molar-refractivity contribution >= 4 is 27.1 Å². The second kappa shape index (κ2) is 7.72. The van der Waals surface area contributed by atoms with Crippen LogP contribution in [0.2, 0.25) is 0 Å². The molecule has 1 aliphatic rings. The summed E-state index contributed by atoms with van der Waals surface area (Å²) in [6.45, 7) is 4.63. The molecular weight excluding hydrogens is 344 g/mol. The summed E-state index contributed by atoms with van der Waals surface area (Å²) in [6, 6.07) is 8.29. The number of aryl methyl sites for hydroxylation is 1. The van der Waals surface area contributed by atoms with E-state index in [1.54, 1.807) is 7.11 Å². The van der Waals surface area contributed by atoms with Crippen LogP contribution in [0.1, 0.15) is 13.3 Å². The summed E-state index contributed by atoms with van der Waals surface area (Å²) in [5.41, 5.74) is 2.09. The Morgan fingerprint density at radius 1 is 1.44 bits per heavy atom. The third kappa shape index (κ3) is 5.08. The van der Waals surface area contributed by atoms with Crippen LogP contribution in [0.25, 0.3) is 11.0 Å². The third-order valence-corrected chi connectivity index (χ3v) is 3.74. The number of ether oxygens (including phenoxy) is 1. The zero-order valence-corrected chi connectivity index (χ0v) is 15.3. The molecule has 25 heavy (non-hydrogen) atoms. The van der Waals surface area contributed by atoms with Crippen LogP contribution in [0.15, 0.2) is 18.2 Å². The fourth-order valence-corrected chi connectivity index (χ4v) is 2.75. The Bertz CT molecular complexity index is 877. The molecule has 2 aromatic rings. The van der Waals surface area contributed by atoms with Crippen molar-refractivity contribution in [2.75, 3.05) is 31.4 Å². The minimum Gasteiger partial charge on any atom is -0.497 e. The predicted octanol–water partition coefficient (Wildman–Crippen LogP) is 1.92. The lowest BCUT2D eigenvalue weighted by Crippen LogP contribution is -2.35. The maximum atomic E-state index is 9.19. The molecule has 1 N–H and O–H groups in total. The maximum Gasteiger partial charge on any atom is 0.261 e. The van der Waals surface area contributed by atoms with Gasteiger partial charge in [0.05, 0.1) is 36.4 Å².